The fourth-order valence-electron chi connectivity index (χ4n) is 3.08. The second-order valence-corrected chi connectivity index (χ2v) is 8.37. The highest BCUT2D eigenvalue weighted by Gasteiger charge is 2.34. The second-order valence-electron chi connectivity index (χ2n) is 7.37. The number of aryl methyl sites for hydroxylation is 2. The Hall–Kier alpha value is -3.30. The van der Waals surface area contributed by atoms with E-state index in [1.54, 1.807) is 24.3 Å². The van der Waals surface area contributed by atoms with Crippen LogP contribution >= 0.6 is 11.8 Å². The minimum absolute atomic E-state index is 0.193. The third-order valence-electron chi connectivity index (χ3n) is 5.03. The molecule has 1 saturated heterocycles. The Morgan fingerprint density at radius 2 is 1.85 bits per heavy atom. The molecule has 3 amide bonds. The molecular formula is C24H26N2O6S. The quantitative estimate of drug-likeness (QED) is 0.554. The van der Waals surface area contributed by atoms with Crippen LogP contribution in [0.2, 0.25) is 0 Å². The number of thioether (sulfide) groups is 1. The van der Waals surface area contributed by atoms with Crippen molar-refractivity contribution in [2.24, 2.45) is 0 Å². The molecule has 0 bridgehead atoms. The van der Waals surface area contributed by atoms with Gasteiger partial charge in [-0.05, 0) is 72.6 Å². The van der Waals surface area contributed by atoms with Gasteiger partial charge in [0.05, 0.1) is 25.2 Å². The van der Waals surface area contributed by atoms with E-state index in [-0.39, 0.29) is 36.8 Å². The largest absolute Gasteiger partial charge is 0.493 e. The van der Waals surface area contributed by atoms with Gasteiger partial charge in [-0.1, -0.05) is 12.1 Å². The van der Waals surface area contributed by atoms with Crippen LogP contribution in [0.4, 0.5) is 10.5 Å². The summed E-state index contributed by atoms with van der Waals surface area (Å²) in [5.74, 6) is 0.137. The highest BCUT2D eigenvalue weighted by Crippen LogP contribution is 2.34. The van der Waals surface area contributed by atoms with Crippen LogP contribution in [0.5, 0.6) is 11.5 Å². The number of carbonyl (C=O) groups is 3. The van der Waals surface area contributed by atoms with E-state index in [4.69, 9.17) is 14.2 Å². The van der Waals surface area contributed by atoms with E-state index in [0.29, 0.717) is 27.7 Å². The molecule has 0 unspecified atom stereocenters. The van der Waals surface area contributed by atoms with E-state index in [0.717, 1.165) is 27.8 Å². The van der Waals surface area contributed by atoms with Crippen LogP contribution in [0, 0.1) is 13.8 Å². The first kappa shape index (κ1) is 24.3. The Kier molecular flexibility index (Phi) is 8.13. The van der Waals surface area contributed by atoms with Gasteiger partial charge in [0.15, 0.2) is 18.1 Å². The lowest BCUT2D eigenvalue weighted by Crippen LogP contribution is -2.31. The summed E-state index contributed by atoms with van der Waals surface area (Å²) in [6.45, 7) is 4.28. The molecule has 9 heteroatoms. The fraction of sp³-hybridized carbons (Fsp3) is 0.292. The first-order valence-electron chi connectivity index (χ1n) is 10.2. The SMILES string of the molecule is COCCN1C(=O)S/C(=C/c2ccc(OCC(=O)Nc3ccc(C)c(C)c3)c(OC)c2)C1=O. The number of imide groups is 1. The fourth-order valence-corrected chi connectivity index (χ4v) is 3.94. The summed E-state index contributed by atoms with van der Waals surface area (Å²) in [5, 5.41) is 2.48. The maximum Gasteiger partial charge on any atom is 0.293 e. The van der Waals surface area contributed by atoms with Gasteiger partial charge in [0.2, 0.25) is 0 Å². The molecule has 2 aromatic rings. The summed E-state index contributed by atoms with van der Waals surface area (Å²) in [6.07, 6.45) is 1.62. The van der Waals surface area contributed by atoms with Gasteiger partial charge in [-0.3, -0.25) is 19.3 Å². The minimum atomic E-state index is -0.357. The van der Waals surface area contributed by atoms with E-state index < -0.39 is 0 Å². The highest BCUT2D eigenvalue weighted by atomic mass is 32.2. The molecule has 3 rings (SSSR count). The highest BCUT2D eigenvalue weighted by molar-refractivity contribution is 8.18. The summed E-state index contributed by atoms with van der Waals surface area (Å²) in [4.78, 5) is 38.3. The minimum Gasteiger partial charge on any atom is -0.493 e. The molecule has 0 aromatic heterocycles. The Morgan fingerprint density at radius 1 is 1.06 bits per heavy atom. The number of methoxy groups -OCH3 is 2. The summed E-state index contributed by atoms with van der Waals surface area (Å²) >= 11 is 0.880. The number of hydrogen-bond donors (Lipinski definition) is 1. The van der Waals surface area contributed by atoms with Crippen LogP contribution in [-0.2, 0) is 14.3 Å². The smallest absolute Gasteiger partial charge is 0.293 e. The number of nitrogens with zero attached hydrogens (tertiary/aromatic N) is 1. The maximum absolute atomic E-state index is 12.5. The summed E-state index contributed by atoms with van der Waals surface area (Å²) in [6, 6.07) is 10.7. The summed E-state index contributed by atoms with van der Waals surface area (Å²) < 4.78 is 16.0. The molecule has 33 heavy (non-hydrogen) atoms. The Balaban J connectivity index is 1.65. The van der Waals surface area contributed by atoms with E-state index in [1.165, 1.54) is 14.2 Å². The number of benzene rings is 2. The molecule has 1 N–H and O–H groups in total. The Bertz CT molecular complexity index is 1100. The lowest BCUT2D eigenvalue weighted by atomic mass is 10.1. The molecular weight excluding hydrogens is 444 g/mol. The molecule has 0 atom stereocenters. The van der Waals surface area contributed by atoms with Crippen molar-refractivity contribution in [2.75, 3.05) is 39.3 Å². The zero-order chi connectivity index (χ0) is 24.0. The number of anilines is 1. The standard InChI is InChI=1S/C24H26N2O6S/c1-15-5-7-18(11-16(15)2)25-22(27)14-32-19-8-6-17(12-20(19)31-4)13-21-23(28)26(9-10-30-3)24(29)33-21/h5-8,11-13H,9-10,14H2,1-4H3,(H,25,27)/b21-13+. The molecule has 8 nitrogen and oxygen atoms in total. The summed E-state index contributed by atoms with van der Waals surface area (Å²) in [7, 11) is 3.00. The zero-order valence-corrected chi connectivity index (χ0v) is 19.8. The monoisotopic (exact) mass is 470 g/mol. The second kappa shape index (κ2) is 11.0. The van der Waals surface area contributed by atoms with Crippen LogP contribution in [-0.4, -0.2) is 55.9 Å². The lowest BCUT2D eigenvalue weighted by Gasteiger charge is -2.12. The van der Waals surface area contributed by atoms with Crippen LogP contribution in [0.15, 0.2) is 41.3 Å². The van der Waals surface area contributed by atoms with Crippen molar-refractivity contribution in [3.8, 4) is 11.5 Å². The van der Waals surface area contributed by atoms with Gasteiger partial charge >= 0.3 is 0 Å². The molecule has 174 valence electrons. The van der Waals surface area contributed by atoms with Crippen molar-refractivity contribution < 1.29 is 28.6 Å². The van der Waals surface area contributed by atoms with Gasteiger partial charge in [0.25, 0.3) is 17.1 Å². The zero-order valence-electron chi connectivity index (χ0n) is 19.0. The Labute approximate surface area is 196 Å². The molecule has 2 aromatic carbocycles. The molecule has 1 fully saturated rings. The van der Waals surface area contributed by atoms with Crippen LogP contribution in [0.3, 0.4) is 0 Å². The van der Waals surface area contributed by atoms with Gasteiger partial charge in [-0.2, -0.15) is 0 Å². The molecule has 1 aliphatic rings. The van der Waals surface area contributed by atoms with Crippen molar-refractivity contribution in [3.63, 3.8) is 0 Å². The van der Waals surface area contributed by atoms with Crippen LogP contribution in [0.1, 0.15) is 16.7 Å². The third-order valence-corrected chi connectivity index (χ3v) is 5.93. The average Bonchev–Trinajstić information content (AvgIpc) is 3.06. The topological polar surface area (TPSA) is 94.2 Å². The molecule has 0 aliphatic carbocycles. The molecule has 0 radical (unpaired) electrons. The third kappa shape index (κ3) is 6.15. The normalized spacial score (nSPS) is 14.7. The van der Waals surface area contributed by atoms with E-state index in [9.17, 15) is 14.4 Å². The van der Waals surface area contributed by atoms with Crippen molar-refractivity contribution in [1.29, 1.82) is 0 Å². The number of ether oxygens (including phenoxy) is 3. The average molecular weight is 471 g/mol. The Morgan fingerprint density at radius 3 is 2.55 bits per heavy atom. The first-order valence-corrected chi connectivity index (χ1v) is 11.1. The predicted molar refractivity (Wildman–Crippen MR) is 128 cm³/mol. The van der Waals surface area contributed by atoms with E-state index in [2.05, 4.69) is 5.32 Å². The number of amides is 3. The number of rotatable bonds is 9. The summed E-state index contributed by atoms with van der Waals surface area (Å²) in [5.41, 5.74) is 3.60. The van der Waals surface area contributed by atoms with Gasteiger partial charge in [-0.15, -0.1) is 0 Å². The number of nitrogens with one attached hydrogen (secondary N) is 1. The van der Waals surface area contributed by atoms with Gasteiger partial charge in [0, 0.05) is 12.8 Å². The van der Waals surface area contributed by atoms with Crippen LogP contribution < -0.4 is 14.8 Å². The van der Waals surface area contributed by atoms with Gasteiger partial charge in [0.1, 0.15) is 0 Å². The number of hydrogen-bond acceptors (Lipinski definition) is 7. The molecule has 1 aliphatic heterocycles. The lowest BCUT2D eigenvalue weighted by molar-refractivity contribution is -0.123. The van der Waals surface area contributed by atoms with Crippen LogP contribution in [0.25, 0.3) is 6.08 Å². The molecule has 0 spiro atoms. The van der Waals surface area contributed by atoms with Gasteiger partial charge < -0.3 is 19.5 Å². The van der Waals surface area contributed by atoms with Crippen molar-refractivity contribution in [1.82, 2.24) is 4.90 Å². The van der Waals surface area contributed by atoms with Crippen molar-refractivity contribution >= 4 is 40.6 Å². The maximum atomic E-state index is 12.5. The molecule has 1 heterocycles. The number of carbonyl (C=O) groups excluding carboxylic acids is 3. The first-order chi connectivity index (χ1) is 15.8. The van der Waals surface area contributed by atoms with E-state index >= 15 is 0 Å². The van der Waals surface area contributed by atoms with Crippen molar-refractivity contribution in [3.05, 3.63) is 58.0 Å². The predicted octanol–water partition coefficient (Wildman–Crippen LogP) is 4.01. The molecule has 0 saturated carbocycles. The van der Waals surface area contributed by atoms with Gasteiger partial charge in [-0.25, -0.2) is 0 Å². The van der Waals surface area contributed by atoms with Crippen molar-refractivity contribution in [2.45, 2.75) is 13.8 Å². The van der Waals surface area contributed by atoms with E-state index in [1.807, 2.05) is 32.0 Å².